The van der Waals surface area contributed by atoms with Crippen molar-refractivity contribution in [3.63, 3.8) is 0 Å². The number of benzene rings is 1. The number of halogens is 1. The Morgan fingerprint density at radius 3 is 2.70 bits per heavy atom. The Labute approximate surface area is 158 Å². The molecule has 4 nitrogen and oxygen atoms in total. The maximum atomic E-state index is 4.31. The number of fused-ring (bicyclic) bond motifs is 1. The number of nitrogens with zero attached hydrogens (tertiary/aromatic N) is 2. The van der Waals surface area contributed by atoms with Crippen molar-refractivity contribution in [1.29, 1.82) is 0 Å². The van der Waals surface area contributed by atoms with E-state index < -0.39 is 0 Å². The zero-order chi connectivity index (χ0) is 16.1. The smallest absolute Gasteiger partial charge is 0.191 e. The molecule has 0 radical (unpaired) electrons. The number of guanidine groups is 1. The van der Waals surface area contributed by atoms with Gasteiger partial charge >= 0.3 is 0 Å². The van der Waals surface area contributed by atoms with Crippen molar-refractivity contribution in [1.82, 2.24) is 10.6 Å². The van der Waals surface area contributed by atoms with E-state index in [2.05, 4.69) is 66.5 Å². The van der Waals surface area contributed by atoms with E-state index in [-0.39, 0.29) is 24.0 Å². The molecule has 0 bridgehead atoms. The van der Waals surface area contributed by atoms with E-state index in [1.165, 1.54) is 29.7 Å². The molecule has 1 heterocycles. The van der Waals surface area contributed by atoms with Crippen LogP contribution in [-0.2, 0) is 13.0 Å². The summed E-state index contributed by atoms with van der Waals surface area (Å²) in [7, 11) is 4.00. The van der Waals surface area contributed by atoms with Gasteiger partial charge in [-0.25, -0.2) is 0 Å². The first-order valence-electron chi connectivity index (χ1n) is 8.31. The molecule has 23 heavy (non-hydrogen) atoms. The van der Waals surface area contributed by atoms with Crippen molar-refractivity contribution in [2.75, 3.05) is 25.5 Å². The quantitative estimate of drug-likeness (QED) is 0.437. The van der Waals surface area contributed by atoms with Gasteiger partial charge in [-0.1, -0.05) is 26.0 Å². The molecule has 1 aromatic carbocycles. The highest BCUT2D eigenvalue weighted by molar-refractivity contribution is 14.0. The van der Waals surface area contributed by atoms with Crippen LogP contribution in [0.15, 0.2) is 23.2 Å². The van der Waals surface area contributed by atoms with E-state index in [0.29, 0.717) is 12.0 Å². The van der Waals surface area contributed by atoms with Gasteiger partial charge in [-0.3, -0.25) is 4.99 Å². The van der Waals surface area contributed by atoms with Gasteiger partial charge in [0.05, 0.1) is 0 Å². The third kappa shape index (κ3) is 5.55. The minimum Gasteiger partial charge on any atom is -0.374 e. The number of hydrogen-bond donors (Lipinski definition) is 2. The fourth-order valence-corrected chi connectivity index (χ4v) is 2.71. The van der Waals surface area contributed by atoms with Gasteiger partial charge in [0.25, 0.3) is 0 Å². The molecule has 0 spiro atoms. The first-order chi connectivity index (χ1) is 10.5. The van der Waals surface area contributed by atoms with Gasteiger partial charge in [0, 0.05) is 38.9 Å². The van der Waals surface area contributed by atoms with Gasteiger partial charge in [0.1, 0.15) is 0 Å². The molecule has 1 aliphatic heterocycles. The largest absolute Gasteiger partial charge is 0.374 e. The topological polar surface area (TPSA) is 39.7 Å². The van der Waals surface area contributed by atoms with Crippen molar-refractivity contribution in [3.8, 4) is 0 Å². The molecule has 0 aliphatic carbocycles. The second-order valence-corrected chi connectivity index (χ2v) is 6.59. The van der Waals surface area contributed by atoms with Crippen molar-refractivity contribution >= 4 is 35.6 Å². The molecule has 5 heteroatoms. The molecule has 0 aromatic heterocycles. The lowest BCUT2D eigenvalue weighted by atomic mass is 9.99. The second-order valence-electron chi connectivity index (χ2n) is 6.59. The van der Waals surface area contributed by atoms with Crippen LogP contribution in [0.4, 0.5) is 5.69 Å². The maximum Gasteiger partial charge on any atom is 0.191 e. The summed E-state index contributed by atoms with van der Waals surface area (Å²) in [4.78, 5) is 6.66. The first-order valence-corrected chi connectivity index (χ1v) is 8.31. The zero-order valence-corrected chi connectivity index (χ0v) is 17.3. The third-order valence-corrected chi connectivity index (χ3v) is 4.54. The molecule has 0 amide bonds. The minimum atomic E-state index is 0. The van der Waals surface area contributed by atoms with E-state index in [4.69, 9.17) is 0 Å². The number of nitrogens with one attached hydrogen (secondary N) is 2. The lowest BCUT2D eigenvalue weighted by Gasteiger charge is -2.28. The molecule has 1 unspecified atom stereocenters. The molecule has 130 valence electrons. The SMILES string of the molecule is CN=C(NCc1ccc2c(c1)CCCN2C)NC(C)C(C)C.I. The second kappa shape index (κ2) is 9.35. The van der Waals surface area contributed by atoms with Crippen LogP contribution in [-0.4, -0.2) is 32.6 Å². The van der Waals surface area contributed by atoms with E-state index in [1.807, 2.05) is 7.05 Å². The molecule has 1 aliphatic rings. The summed E-state index contributed by atoms with van der Waals surface area (Å²) < 4.78 is 0. The maximum absolute atomic E-state index is 4.31. The summed E-state index contributed by atoms with van der Waals surface area (Å²) >= 11 is 0. The van der Waals surface area contributed by atoms with Crippen LogP contribution in [0.3, 0.4) is 0 Å². The molecule has 0 saturated heterocycles. The fourth-order valence-electron chi connectivity index (χ4n) is 2.71. The van der Waals surface area contributed by atoms with Crippen molar-refractivity contribution in [2.24, 2.45) is 10.9 Å². The predicted molar refractivity (Wildman–Crippen MR) is 111 cm³/mol. The van der Waals surface area contributed by atoms with Gasteiger partial charge < -0.3 is 15.5 Å². The molecular formula is C18H31IN4. The Morgan fingerprint density at radius 1 is 1.30 bits per heavy atom. The van der Waals surface area contributed by atoms with Crippen LogP contribution in [0.25, 0.3) is 0 Å². The van der Waals surface area contributed by atoms with Gasteiger partial charge in [-0.05, 0) is 42.9 Å². The predicted octanol–water partition coefficient (Wildman–Crippen LogP) is 3.40. The van der Waals surface area contributed by atoms with Crippen LogP contribution in [0.1, 0.15) is 38.3 Å². The van der Waals surface area contributed by atoms with Crippen molar-refractivity contribution in [2.45, 2.75) is 46.2 Å². The minimum absolute atomic E-state index is 0. The van der Waals surface area contributed by atoms with Gasteiger partial charge in [0.2, 0.25) is 0 Å². The summed E-state index contributed by atoms with van der Waals surface area (Å²) in [5, 5.41) is 6.85. The van der Waals surface area contributed by atoms with Crippen LogP contribution in [0, 0.1) is 5.92 Å². The Balaban J connectivity index is 0.00000264. The molecular weight excluding hydrogens is 399 g/mol. The number of hydrogen-bond acceptors (Lipinski definition) is 2. The van der Waals surface area contributed by atoms with Gasteiger partial charge in [0.15, 0.2) is 5.96 Å². The number of rotatable bonds is 4. The number of anilines is 1. The van der Waals surface area contributed by atoms with Crippen LogP contribution in [0.2, 0.25) is 0 Å². The monoisotopic (exact) mass is 430 g/mol. The van der Waals surface area contributed by atoms with Crippen molar-refractivity contribution < 1.29 is 0 Å². The molecule has 1 atom stereocenters. The Morgan fingerprint density at radius 2 is 2.04 bits per heavy atom. The van der Waals surface area contributed by atoms with E-state index in [1.54, 1.807) is 0 Å². The van der Waals surface area contributed by atoms with E-state index >= 15 is 0 Å². The fraction of sp³-hybridized carbons (Fsp3) is 0.611. The van der Waals surface area contributed by atoms with Gasteiger partial charge in [-0.15, -0.1) is 24.0 Å². The molecule has 1 aromatic rings. The summed E-state index contributed by atoms with van der Waals surface area (Å²) in [5.74, 6) is 1.45. The Kier molecular flexibility index (Phi) is 8.16. The summed E-state index contributed by atoms with van der Waals surface area (Å²) in [6, 6.07) is 7.20. The number of aliphatic imine (C=N–C) groups is 1. The molecule has 0 fully saturated rings. The number of aryl methyl sites for hydroxylation is 1. The Bertz CT molecular complexity index is 528. The van der Waals surface area contributed by atoms with Crippen LogP contribution >= 0.6 is 24.0 Å². The van der Waals surface area contributed by atoms with Crippen molar-refractivity contribution in [3.05, 3.63) is 29.3 Å². The first kappa shape index (κ1) is 20.1. The summed E-state index contributed by atoms with van der Waals surface area (Å²) in [5.41, 5.74) is 4.16. The molecule has 2 N–H and O–H groups in total. The molecule has 2 rings (SSSR count). The Hall–Kier alpha value is -0.980. The lowest BCUT2D eigenvalue weighted by Crippen LogP contribution is -2.43. The van der Waals surface area contributed by atoms with E-state index in [0.717, 1.165) is 19.0 Å². The average molecular weight is 430 g/mol. The summed E-state index contributed by atoms with van der Waals surface area (Å²) in [6.07, 6.45) is 2.43. The zero-order valence-electron chi connectivity index (χ0n) is 15.0. The highest BCUT2D eigenvalue weighted by Gasteiger charge is 2.14. The highest BCUT2D eigenvalue weighted by atomic mass is 127. The lowest BCUT2D eigenvalue weighted by molar-refractivity contribution is 0.481. The van der Waals surface area contributed by atoms with Crippen LogP contribution in [0.5, 0.6) is 0 Å². The average Bonchev–Trinajstić information content (AvgIpc) is 2.51. The normalized spacial score (nSPS) is 15.7. The third-order valence-electron chi connectivity index (χ3n) is 4.54. The summed E-state index contributed by atoms with van der Waals surface area (Å²) in [6.45, 7) is 8.58. The highest BCUT2D eigenvalue weighted by Crippen LogP contribution is 2.26. The van der Waals surface area contributed by atoms with Crippen LogP contribution < -0.4 is 15.5 Å². The van der Waals surface area contributed by atoms with E-state index in [9.17, 15) is 0 Å². The van der Waals surface area contributed by atoms with Gasteiger partial charge in [-0.2, -0.15) is 0 Å². The standard InChI is InChI=1S/C18H30N4.HI/c1-13(2)14(3)21-18(19-4)20-12-15-8-9-17-16(11-15)7-6-10-22(17)5;/h8-9,11,13-14H,6-7,10,12H2,1-5H3,(H2,19,20,21);1H. The molecule has 0 saturated carbocycles.